The van der Waals surface area contributed by atoms with Crippen molar-refractivity contribution in [2.24, 2.45) is 14.1 Å². The lowest BCUT2D eigenvalue weighted by Crippen LogP contribution is -2.37. The van der Waals surface area contributed by atoms with Crippen molar-refractivity contribution in [3.63, 3.8) is 0 Å². The molecule has 3 rings (SSSR count). The molecule has 158 valence electrons. The second-order valence-corrected chi connectivity index (χ2v) is 6.50. The fraction of sp³-hybridized carbons (Fsp3) is 0.316. The SMILES string of the molecule is COc1ccccc1CNC(=O)COC(=O)Cn1cnc2c1c(=O)n(C)c(=O)n2C. The third-order valence-electron chi connectivity index (χ3n) is 4.55. The fourth-order valence-corrected chi connectivity index (χ4v) is 2.94. The lowest BCUT2D eigenvalue weighted by Gasteiger charge is -2.10. The zero-order chi connectivity index (χ0) is 21.8. The Bertz CT molecular complexity index is 1220. The molecule has 1 amide bonds. The summed E-state index contributed by atoms with van der Waals surface area (Å²) in [5.41, 5.74) is -0.0614. The van der Waals surface area contributed by atoms with Gasteiger partial charge in [0.1, 0.15) is 12.3 Å². The zero-order valence-electron chi connectivity index (χ0n) is 16.7. The van der Waals surface area contributed by atoms with Gasteiger partial charge in [-0.25, -0.2) is 9.78 Å². The molecule has 0 saturated carbocycles. The molecule has 11 nitrogen and oxygen atoms in total. The summed E-state index contributed by atoms with van der Waals surface area (Å²) >= 11 is 0. The van der Waals surface area contributed by atoms with Crippen LogP contribution in [0.25, 0.3) is 11.2 Å². The predicted molar refractivity (Wildman–Crippen MR) is 106 cm³/mol. The third kappa shape index (κ3) is 4.09. The lowest BCUT2D eigenvalue weighted by molar-refractivity contribution is -0.149. The average molecular weight is 415 g/mol. The Labute approximate surface area is 170 Å². The maximum atomic E-state index is 12.4. The number of fused-ring (bicyclic) bond motifs is 1. The third-order valence-corrected chi connectivity index (χ3v) is 4.55. The van der Waals surface area contributed by atoms with Gasteiger partial charge in [0, 0.05) is 26.2 Å². The van der Waals surface area contributed by atoms with E-state index in [1.807, 2.05) is 18.2 Å². The van der Waals surface area contributed by atoms with Gasteiger partial charge in [0.2, 0.25) is 0 Å². The van der Waals surface area contributed by atoms with Crippen LogP contribution in [-0.2, 0) is 41.5 Å². The lowest BCUT2D eigenvalue weighted by atomic mass is 10.2. The number of benzene rings is 1. The van der Waals surface area contributed by atoms with Gasteiger partial charge in [-0.05, 0) is 6.07 Å². The van der Waals surface area contributed by atoms with Crippen molar-refractivity contribution in [3.05, 3.63) is 57.0 Å². The number of rotatable bonds is 7. The number of carbonyl (C=O) groups is 2. The van der Waals surface area contributed by atoms with Crippen LogP contribution in [0.5, 0.6) is 5.75 Å². The van der Waals surface area contributed by atoms with Crippen LogP contribution in [-0.4, -0.2) is 44.3 Å². The summed E-state index contributed by atoms with van der Waals surface area (Å²) in [6, 6.07) is 7.22. The fourth-order valence-electron chi connectivity index (χ4n) is 2.94. The first-order valence-electron chi connectivity index (χ1n) is 8.98. The molecule has 3 aromatic rings. The summed E-state index contributed by atoms with van der Waals surface area (Å²) in [5.74, 6) is -0.571. The van der Waals surface area contributed by atoms with Gasteiger partial charge in [-0.3, -0.25) is 23.5 Å². The Morgan fingerprint density at radius 3 is 2.60 bits per heavy atom. The summed E-state index contributed by atoms with van der Waals surface area (Å²) in [6.45, 7) is -0.586. The smallest absolute Gasteiger partial charge is 0.332 e. The number of methoxy groups -OCH3 is 1. The highest BCUT2D eigenvalue weighted by atomic mass is 16.5. The molecule has 0 saturated heterocycles. The number of esters is 1. The number of hydrogen-bond acceptors (Lipinski definition) is 7. The molecular weight excluding hydrogens is 394 g/mol. The number of nitrogens with one attached hydrogen (secondary N) is 1. The molecule has 30 heavy (non-hydrogen) atoms. The van der Waals surface area contributed by atoms with Gasteiger partial charge >= 0.3 is 11.7 Å². The van der Waals surface area contributed by atoms with Gasteiger partial charge in [0.15, 0.2) is 17.8 Å². The van der Waals surface area contributed by atoms with E-state index in [1.165, 1.54) is 36.7 Å². The summed E-state index contributed by atoms with van der Waals surface area (Å²) in [5, 5.41) is 2.64. The van der Waals surface area contributed by atoms with Crippen molar-refractivity contribution in [2.75, 3.05) is 13.7 Å². The van der Waals surface area contributed by atoms with Crippen LogP contribution in [0.15, 0.2) is 40.2 Å². The molecule has 0 aliphatic rings. The molecule has 0 aliphatic carbocycles. The maximum Gasteiger partial charge on any atom is 0.332 e. The summed E-state index contributed by atoms with van der Waals surface area (Å²) in [6.07, 6.45) is 1.27. The number of aromatic nitrogens is 4. The second-order valence-electron chi connectivity index (χ2n) is 6.50. The van der Waals surface area contributed by atoms with E-state index < -0.39 is 29.7 Å². The van der Waals surface area contributed by atoms with Crippen molar-refractivity contribution >= 4 is 23.0 Å². The Morgan fingerprint density at radius 1 is 1.13 bits per heavy atom. The molecule has 0 spiro atoms. The van der Waals surface area contributed by atoms with E-state index in [1.54, 1.807) is 6.07 Å². The summed E-state index contributed by atoms with van der Waals surface area (Å²) in [7, 11) is 4.35. The first-order valence-corrected chi connectivity index (χ1v) is 8.98. The standard InChI is InChI=1S/C19H21N5O6/c1-22-17-16(18(27)23(2)19(22)28)24(11-21-17)9-15(26)30-10-14(25)20-8-12-6-4-5-7-13(12)29-3/h4-7,11H,8-10H2,1-3H3,(H,20,25). The van der Waals surface area contributed by atoms with Crippen LogP contribution in [0.3, 0.4) is 0 Å². The summed E-state index contributed by atoms with van der Waals surface area (Å²) < 4.78 is 13.6. The Hall–Kier alpha value is -3.89. The van der Waals surface area contributed by atoms with Crippen LogP contribution in [0.4, 0.5) is 0 Å². The van der Waals surface area contributed by atoms with E-state index in [4.69, 9.17) is 9.47 Å². The van der Waals surface area contributed by atoms with E-state index in [0.29, 0.717) is 5.75 Å². The Morgan fingerprint density at radius 2 is 1.87 bits per heavy atom. The highest BCUT2D eigenvalue weighted by molar-refractivity contribution is 5.81. The zero-order valence-corrected chi connectivity index (χ0v) is 16.7. The number of aryl methyl sites for hydroxylation is 1. The van der Waals surface area contributed by atoms with E-state index in [2.05, 4.69) is 10.3 Å². The van der Waals surface area contributed by atoms with Gasteiger partial charge in [0.05, 0.1) is 13.4 Å². The molecule has 0 fully saturated rings. The van der Waals surface area contributed by atoms with Crippen LogP contribution in [0.1, 0.15) is 5.56 Å². The number of nitrogens with zero attached hydrogens (tertiary/aromatic N) is 4. The number of amides is 1. The molecule has 0 unspecified atom stereocenters. The van der Waals surface area contributed by atoms with Crippen LogP contribution in [0.2, 0.25) is 0 Å². The normalized spacial score (nSPS) is 10.8. The molecule has 1 aromatic carbocycles. The summed E-state index contributed by atoms with van der Waals surface area (Å²) in [4.78, 5) is 52.4. The monoisotopic (exact) mass is 415 g/mol. The topological polar surface area (TPSA) is 126 Å². The van der Waals surface area contributed by atoms with E-state index in [-0.39, 0.29) is 24.3 Å². The molecule has 0 radical (unpaired) electrons. The van der Waals surface area contributed by atoms with E-state index in [0.717, 1.165) is 10.1 Å². The van der Waals surface area contributed by atoms with Crippen molar-refractivity contribution in [2.45, 2.75) is 13.1 Å². The van der Waals surface area contributed by atoms with Crippen molar-refractivity contribution < 1.29 is 19.1 Å². The molecule has 0 bridgehead atoms. The minimum absolute atomic E-state index is 0.0946. The van der Waals surface area contributed by atoms with Crippen LogP contribution < -0.4 is 21.3 Å². The second kappa shape index (κ2) is 8.64. The number of imidazole rings is 1. The number of ether oxygens (including phenoxy) is 2. The van der Waals surface area contributed by atoms with Crippen LogP contribution >= 0.6 is 0 Å². The molecule has 1 N–H and O–H groups in total. The average Bonchev–Trinajstić information content (AvgIpc) is 3.17. The van der Waals surface area contributed by atoms with Gasteiger partial charge in [-0.15, -0.1) is 0 Å². The molecule has 0 aliphatic heterocycles. The largest absolute Gasteiger partial charge is 0.496 e. The first kappa shape index (κ1) is 20.8. The Balaban J connectivity index is 1.61. The minimum atomic E-state index is -0.724. The molecular formula is C19H21N5O6. The van der Waals surface area contributed by atoms with Gasteiger partial charge in [-0.2, -0.15) is 0 Å². The molecule has 0 atom stereocenters. The number of para-hydroxylation sites is 1. The van der Waals surface area contributed by atoms with Gasteiger partial charge in [-0.1, -0.05) is 18.2 Å². The molecule has 11 heteroatoms. The van der Waals surface area contributed by atoms with Crippen molar-refractivity contribution in [3.8, 4) is 5.75 Å². The van der Waals surface area contributed by atoms with Gasteiger partial charge < -0.3 is 19.4 Å². The first-order chi connectivity index (χ1) is 14.3. The van der Waals surface area contributed by atoms with E-state index >= 15 is 0 Å². The highest BCUT2D eigenvalue weighted by Gasteiger charge is 2.17. The van der Waals surface area contributed by atoms with Crippen molar-refractivity contribution in [1.82, 2.24) is 24.0 Å². The molecule has 2 aromatic heterocycles. The van der Waals surface area contributed by atoms with Crippen molar-refractivity contribution in [1.29, 1.82) is 0 Å². The highest BCUT2D eigenvalue weighted by Crippen LogP contribution is 2.16. The number of hydrogen-bond donors (Lipinski definition) is 1. The molecule has 2 heterocycles. The maximum absolute atomic E-state index is 12.4. The van der Waals surface area contributed by atoms with E-state index in [9.17, 15) is 19.2 Å². The Kier molecular flexibility index (Phi) is 6.00. The number of carbonyl (C=O) groups excluding carboxylic acids is 2. The van der Waals surface area contributed by atoms with Crippen LogP contribution in [0, 0.1) is 0 Å². The quantitative estimate of drug-likeness (QED) is 0.506. The minimum Gasteiger partial charge on any atom is -0.496 e. The van der Waals surface area contributed by atoms with Gasteiger partial charge in [0.25, 0.3) is 11.5 Å². The predicted octanol–water partition coefficient (Wildman–Crippen LogP) is -0.698.